The number of hydrogen-bond acceptors (Lipinski definition) is 24. The summed E-state index contributed by atoms with van der Waals surface area (Å²) >= 11 is 0. The number of aryl methyl sites for hydroxylation is 3. The van der Waals surface area contributed by atoms with E-state index in [0.717, 1.165) is 102 Å². The number of nitrogens with zero attached hydrogens (tertiary/aromatic N) is 7. The second kappa shape index (κ2) is 64.3. The Morgan fingerprint density at radius 1 is 0.524 bits per heavy atom. The van der Waals surface area contributed by atoms with Crippen LogP contribution in [-0.2, 0) is 66.3 Å². The number of β-amino-alcohol motifs (C(OH)–C–C–N with tert-alkyl or cyclic N) is 1. The molecule has 858 valence electrons. The van der Waals surface area contributed by atoms with E-state index >= 15 is 0 Å². The van der Waals surface area contributed by atoms with Crippen molar-refractivity contribution in [2.24, 2.45) is 83.4 Å². The van der Waals surface area contributed by atoms with Crippen LogP contribution in [0.5, 0.6) is 0 Å². The molecule has 145 heavy (non-hydrogen) atoms. The number of rotatable bonds is 34. The maximum Gasteiger partial charge on any atom is 0.410 e. The molecule has 3 fully saturated rings. The number of piperidine rings is 1. The number of carbonyl (C=O) groups excluding carboxylic acids is 4. The topological polar surface area (TPSA) is 470 Å². The number of aromatic nitrogens is 3. The number of ether oxygens (including phenoxy) is 1. The number of sulfonamides is 4. The van der Waals surface area contributed by atoms with Crippen molar-refractivity contribution in [1.29, 1.82) is 0 Å². The Bertz CT molecular complexity index is 4500. The van der Waals surface area contributed by atoms with Crippen molar-refractivity contribution in [1.82, 2.24) is 48.3 Å². The molecule has 32 nitrogen and oxygen atoms in total. The van der Waals surface area contributed by atoms with Crippen LogP contribution in [-0.4, -0.2) is 249 Å². The molecule has 36 heteroatoms. The van der Waals surface area contributed by atoms with Crippen molar-refractivity contribution in [3.05, 3.63) is 35.1 Å². The Hall–Kier alpha value is -4.93. The quantitative estimate of drug-likeness (QED) is 0.0310. The van der Waals surface area contributed by atoms with Crippen molar-refractivity contribution in [3.63, 3.8) is 0 Å². The van der Waals surface area contributed by atoms with Gasteiger partial charge in [-0.3, -0.25) is 14.4 Å². The summed E-state index contributed by atoms with van der Waals surface area (Å²) in [5.41, 5.74) is 1.96. The number of aliphatic hydroxyl groups excluding tert-OH is 7. The lowest BCUT2D eigenvalue weighted by Crippen LogP contribution is -2.43. The van der Waals surface area contributed by atoms with E-state index in [1.807, 2.05) is 136 Å². The predicted octanol–water partition coefficient (Wildman–Crippen LogP) is 20.0. The Morgan fingerprint density at radius 2 is 0.931 bits per heavy atom. The van der Waals surface area contributed by atoms with Gasteiger partial charge in [0.2, 0.25) is 31.9 Å². The summed E-state index contributed by atoms with van der Waals surface area (Å²) in [5, 5.41) is 70.2. The SMILES string of the molecule is CC(C)(C)CC(O)CNS(=O)(=O)C1CC1.CC(C)(C)OC(=O)N1CCC(C(C)(C)C)CC1.CC1=NC(S(=O)(=O)NCC(O)CC(C)(C)C)=CC1.CC1CN(C(=O)CCCC(C)(C)C)CC1O.CCC(C)(CO)CC(=O)CCCC(C)(C)C.CCC(O)CC(C)(C)C.CCCC(C)(C)C.CN(C)C(=O)CC(C)(C)C.Cc1nc(S(=O)(=O)NCC(O)CC(C)(C)C)cn1C.Cc1oncc1S(=O)(=O)NCC(O)CC(C)(C)C. The zero-order valence-electron chi connectivity index (χ0n) is 99.5. The van der Waals surface area contributed by atoms with Gasteiger partial charge < -0.3 is 64.3 Å². The highest BCUT2D eigenvalue weighted by molar-refractivity contribution is 7.93. The number of aliphatic hydroxyl groups is 7. The van der Waals surface area contributed by atoms with Gasteiger partial charge in [-0.1, -0.05) is 254 Å². The zero-order chi connectivity index (χ0) is 115. The first-order valence-corrected chi connectivity index (χ1v) is 58.7. The first kappa shape index (κ1) is 146. The minimum absolute atomic E-state index is 0.00474. The van der Waals surface area contributed by atoms with Crippen LogP contribution in [0.25, 0.3) is 0 Å². The molecule has 0 aromatic carbocycles. The van der Waals surface area contributed by atoms with E-state index in [1.165, 1.54) is 26.0 Å². The number of nitrogens with one attached hydrogen (secondary N) is 4. The predicted molar refractivity (Wildman–Crippen MR) is 594 cm³/mol. The first-order chi connectivity index (χ1) is 64.9. The summed E-state index contributed by atoms with van der Waals surface area (Å²) in [6.45, 7) is 87.6. The molecule has 3 amide bonds. The van der Waals surface area contributed by atoms with E-state index < -0.39 is 70.1 Å². The molecule has 1 saturated carbocycles. The van der Waals surface area contributed by atoms with Crippen LogP contribution in [0, 0.1) is 85.2 Å². The fourth-order valence-electron chi connectivity index (χ4n) is 14.8. The molecule has 11 N–H and O–H groups in total. The average molecular weight is 2150 g/mol. The van der Waals surface area contributed by atoms with Gasteiger partial charge in [-0.05, 0) is 216 Å². The van der Waals surface area contributed by atoms with E-state index in [9.17, 15) is 88.6 Å². The van der Waals surface area contributed by atoms with Gasteiger partial charge in [0, 0.05) is 130 Å². The minimum atomic E-state index is -3.66. The van der Waals surface area contributed by atoms with E-state index in [1.54, 1.807) is 55.4 Å². The van der Waals surface area contributed by atoms with E-state index in [4.69, 9.17) is 9.26 Å². The normalized spacial score (nSPS) is 17.4. The number of amides is 3. The van der Waals surface area contributed by atoms with Crippen LogP contribution in [0.2, 0.25) is 0 Å². The largest absolute Gasteiger partial charge is 0.444 e. The lowest BCUT2D eigenvalue weighted by atomic mass is 9.75. The van der Waals surface area contributed by atoms with Gasteiger partial charge in [0.15, 0.2) is 15.8 Å². The van der Waals surface area contributed by atoms with Crippen LogP contribution in [0.15, 0.2) is 42.9 Å². The van der Waals surface area contributed by atoms with Gasteiger partial charge in [0.05, 0.1) is 48.1 Å². The Labute approximate surface area is 884 Å². The van der Waals surface area contributed by atoms with Crippen molar-refractivity contribution in [2.45, 2.75) is 483 Å². The van der Waals surface area contributed by atoms with Crippen LogP contribution >= 0.6 is 0 Å². The number of ketones is 1. The van der Waals surface area contributed by atoms with Crippen LogP contribution < -0.4 is 18.9 Å². The number of aliphatic imine (C=N–C) groups is 1. The van der Waals surface area contributed by atoms with Crippen molar-refractivity contribution < 1.29 is 97.9 Å². The number of likely N-dealkylation sites (tertiary alicyclic amines) is 2. The van der Waals surface area contributed by atoms with E-state index in [-0.39, 0.29) is 133 Å². The first-order valence-electron chi connectivity index (χ1n) is 52.7. The third kappa shape index (κ3) is 78.0. The van der Waals surface area contributed by atoms with Gasteiger partial charge >= 0.3 is 6.09 Å². The molecular formula is C109H217N11O21S4. The fourth-order valence-corrected chi connectivity index (χ4v) is 19.6. The van der Waals surface area contributed by atoms with Gasteiger partial charge in [-0.25, -0.2) is 67.3 Å². The van der Waals surface area contributed by atoms with Crippen molar-refractivity contribution >= 4 is 69.5 Å². The Kier molecular flexibility index (Phi) is 64.9. The lowest BCUT2D eigenvalue weighted by molar-refractivity contribution is -0.131. The van der Waals surface area contributed by atoms with Gasteiger partial charge in [-0.15, -0.1) is 0 Å². The maximum absolute atomic E-state index is 12.0. The molecule has 0 spiro atoms. The van der Waals surface area contributed by atoms with E-state index in [2.05, 4.69) is 166 Å². The Morgan fingerprint density at radius 3 is 1.22 bits per heavy atom. The number of carbonyl (C=O) groups is 4. The summed E-state index contributed by atoms with van der Waals surface area (Å²) < 4.78 is 116. The number of hydrogen-bond donors (Lipinski definition) is 11. The molecule has 0 bridgehead atoms. The summed E-state index contributed by atoms with van der Waals surface area (Å²) in [6, 6.07) is 0. The lowest BCUT2D eigenvalue weighted by Gasteiger charge is -2.39. The van der Waals surface area contributed by atoms with Crippen LogP contribution in [0.3, 0.4) is 0 Å². The van der Waals surface area contributed by atoms with Crippen LogP contribution in [0.1, 0.15) is 423 Å². The molecule has 4 aliphatic rings. The highest BCUT2D eigenvalue weighted by Gasteiger charge is 2.38. The fraction of sp³-hybridized carbons (Fsp3) is 0.881. The summed E-state index contributed by atoms with van der Waals surface area (Å²) in [7, 11) is -8.74. The molecule has 0 radical (unpaired) electrons. The molecule has 5 heterocycles. The van der Waals surface area contributed by atoms with Crippen molar-refractivity contribution in [2.75, 3.05) is 73.1 Å². The second-order valence-electron chi connectivity index (χ2n) is 53.9. The highest BCUT2D eigenvalue weighted by atomic mass is 32.2. The molecular weight excluding hydrogens is 1930 g/mol. The molecule has 2 aromatic heterocycles. The Balaban J connectivity index is -0.000000770. The molecule has 8 unspecified atom stereocenters. The number of allylic oxidation sites excluding steroid dienone is 1. The highest BCUT2D eigenvalue weighted by Crippen LogP contribution is 2.36. The third-order valence-corrected chi connectivity index (χ3v) is 29.4. The molecule has 2 aromatic rings. The summed E-state index contributed by atoms with van der Waals surface area (Å²) in [4.78, 5) is 59.7. The molecule has 1 aliphatic carbocycles. The van der Waals surface area contributed by atoms with Gasteiger partial charge in [-0.2, -0.15) is 0 Å². The number of imidazole rings is 1. The standard InChI is InChI=1S/C14H27NO2.C14H28O2.C13H25NO2.C12H23N3O3S.C12H22N2O3S.C11H20N2O4S.C10H21NO3S.C8H17NO.C8H18O.C7H16/c1-13(2,3)11-7-9-15(10-8-11)12(16)17-14(4,5)6;1-6-14(5,11-15)10-12(16)8-7-9-13(2,3)4;1-10-8-14(9-11(10)15)12(16)6-5-7-13(2,3)4;1-9-14-11(8-15(9)5)19(17,18)13-7-10(16)6-12(2,3)4;1-9-5-6-11(14-9)18(16,17)13-8-10(15)7-12(2,3)4;1-8-10(7-12-17-8)18(15,16)13-6-9(14)5-11(2,3)4;1-10(2,3)6-8(12)7-11-15(13,14)9-4-5-9;1-8(2,3)6-7(10)9(4)5;1-5-7(9)6-8(2,3)4;1-5-6-7(2,3)4/h11H,7-10H2,1-6H3;15H,6-11H2,1-5H3;10-11,15H,5-9H2,1-4H3;8,10,13,16H,6-7H2,1-5H3;6,10,13,15H,5,7-8H2,1-4H3;7,9,13-14H,5-6H2,1-4H3;8-9,11-12H,4-7H2,1-3H3;6H2,1-5H3;7,9H,5-6H2,1-4H3;5-6H2,1-4H3. The smallest absolute Gasteiger partial charge is 0.410 e. The minimum Gasteiger partial charge on any atom is -0.444 e. The monoisotopic (exact) mass is 2140 g/mol. The van der Waals surface area contributed by atoms with Gasteiger partial charge in [0.1, 0.15) is 22.1 Å². The van der Waals surface area contributed by atoms with Gasteiger partial charge in [0.25, 0.3) is 20.0 Å². The molecule has 3 aliphatic heterocycles. The molecule has 8 atom stereocenters. The zero-order valence-corrected chi connectivity index (χ0v) is 103. The summed E-state index contributed by atoms with van der Waals surface area (Å²) in [6.07, 6.45) is 19.1. The summed E-state index contributed by atoms with van der Waals surface area (Å²) in [5.74, 6) is 2.49. The second-order valence-corrected chi connectivity index (χ2v) is 61.1. The average Bonchev–Trinajstić information content (AvgIpc) is 1.32. The number of Topliss-reactive ketones (excluding diaryl/α,β-unsaturated/α-hetero) is 1. The third-order valence-electron chi connectivity index (χ3n) is 23.3. The maximum atomic E-state index is 12.0. The van der Waals surface area contributed by atoms with E-state index in [0.29, 0.717) is 104 Å². The molecule has 6 rings (SSSR count). The van der Waals surface area contributed by atoms with Crippen LogP contribution in [0.4, 0.5) is 4.79 Å². The molecule has 2 saturated heterocycles. The van der Waals surface area contributed by atoms with Crippen molar-refractivity contribution in [3.8, 4) is 0 Å².